The maximum absolute atomic E-state index is 12.0. The second kappa shape index (κ2) is 5.65. The van der Waals surface area contributed by atoms with Gasteiger partial charge in [-0.15, -0.1) is 0 Å². The molecular weight excluding hydrogens is 304 g/mol. The molecule has 5 heteroatoms. The molecule has 0 saturated carbocycles. The van der Waals surface area contributed by atoms with Crippen molar-refractivity contribution in [3.8, 4) is 0 Å². The van der Waals surface area contributed by atoms with Crippen molar-refractivity contribution in [3.05, 3.63) is 34.0 Å². The molecule has 0 radical (unpaired) electrons. The fourth-order valence-corrected chi connectivity index (χ4v) is 2.26. The number of hydrogen-bond donors (Lipinski definition) is 1. The lowest BCUT2D eigenvalue weighted by molar-refractivity contribution is -0.120. The second-order valence-corrected chi connectivity index (χ2v) is 5.24. The predicted octanol–water partition coefficient (Wildman–Crippen LogP) is 3.79. The molecule has 1 aliphatic rings. The number of amides is 1. The van der Waals surface area contributed by atoms with Gasteiger partial charge >= 0.3 is 0 Å². The van der Waals surface area contributed by atoms with Crippen LogP contribution in [-0.4, -0.2) is 10.9 Å². The number of pyridine rings is 1. The second-order valence-electron chi connectivity index (χ2n) is 3.96. The van der Waals surface area contributed by atoms with Gasteiger partial charge in [0.25, 0.3) is 0 Å². The number of halogens is 2. The number of rotatable bonds is 2. The fraction of sp³-hybridized carbons (Fsp3) is 0.333. The first-order valence-electron chi connectivity index (χ1n) is 5.43. The summed E-state index contributed by atoms with van der Waals surface area (Å²) in [5.41, 5.74) is 0.556. The van der Waals surface area contributed by atoms with E-state index in [2.05, 4.69) is 38.4 Å². The molecule has 2 rings (SSSR count). The lowest BCUT2D eigenvalue weighted by Crippen LogP contribution is -2.23. The molecular formula is C12H12BrClN2O. The molecule has 1 amide bonds. The SMILES string of the molecule is O=C(Nc1cc(Br)cnc1Cl)C1CC=CCC1. The van der Waals surface area contributed by atoms with E-state index in [1.54, 1.807) is 12.3 Å². The van der Waals surface area contributed by atoms with Crippen LogP contribution in [0, 0.1) is 5.92 Å². The van der Waals surface area contributed by atoms with Crippen LogP contribution in [0.5, 0.6) is 0 Å². The van der Waals surface area contributed by atoms with Crippen LogP contribution in [-0.2, 0) is 4.79 Å². The summed E-state index contributed by atoms with van der Waals surface area (Å²) in [7, 11) is 0. The molecule has 0 aliphatic heterocycles. The van der Waals surface area contributed by atoms with E-state index in [4.69, 9.17) is 11.6 Å². The van der Waals surface area contributed by atoms with Crippen LogP contribution in [0.1, 0.15) is 19.3 Å². The molecule has 1 aliphatic carbocycles. The molecule has 0 spiro atoms. The van der Waals surface area contributed by atoms with Crippen molar-refractivity contribution in [1.29, 1.82) is 0 Å². The molecule has 0 fully saturated rings. The van der Waals surface area contributed by atoms with E-state index < -0.39 is 0 Å². The fourth-order valence-electron chi connectivity index (χ4n) is 1.78. The third-order valence-electron chi connectivity index (χ3n) is 2.70. The Balaban J connectivity index is 2.07. The summed E-state index contributed by atoms with van der Waals surface area (Å²) in [5, 5.41) is 3.14. The zero-order valence-electron chi connectivity index (χ0n) is 9.12. The number of hydrogen-bond acceptors (Lipinski definition) is 2. The van der Waals surface area contributed by atoms with Gasteiger partial charge in [0.1, 0.15) is 0 Å². The van der Waals surface area contributed by atoms with Crippen LogP contribution in [0.2, 0.25) is 5.15 Å². The van der Waals surface area contributed by atoms with Crippen molar-refractivity contribution in [2.75, 3.05) is 5.32 Å². The number of carbonyl (C=O) groups excluding carboxylic acids is 1. The van der Waals surface area contributed by atoms with Gasteiger partial charge in [-0.3, -0.25) is 4.79 Å². The Hall–Kier alpha value is -0.870. The van der Waals surface area contributed by atoms with Crippen molar-refractivity contribution in [3.63, 3.8) is 0 Å². The maximum Gasteiger partial charge on any atom is 0.227 e. The third kappa shape index (κ3) is 3.30. The first kappa shape index (κ1) is 12.6. The summed E-state index contributed by atoms with van der Waals surface area (Å²) >= 11 is 9.22. The molecule has 1 heterocycles. The Morgan fingerprint density at radius 3 is 3.06 bits per heavy atom. The number of anilines is 1. The Morgan fingerprint density at radius 2 is 2.35 bits per heavy atom. The molecule has 17 heavy (non-hydrogen) atoms. The van der Waals surface area contributed by atoms with Crippen molar-refractivity contribution >= 4 is 39.1 Å². The van der Waals surface area contributed by atoms with Gasteiger partial charge in [-0.25, -0.2) is 4.98 Å². The van der Waals surface area contributed by atoms with Crippen LogP contribution in [0.4, 0.5) is 5.69 Å². The Labute approximate surface area is 113 Å². The Kier molecular flexibility index (Phi) is 4.18. The maximum atomic E-state index is 12.0. The third-order valence-corrected chi connectivity index (χ3v) is 3.44. The molecule has 0 bridgehead atoms. The minimum Gasteiger partial charge on any atom is -0.323 e. The predicted molar refractivity (Wildman–Crippen MR) is 72.1 cm³/mol. The standard InChI is InChI=1S/C12H12BrClN2O/c13-9-6-10(11(14)15-7-9)16-12(17)8-4-2-1-3-5-8/h1-2,6-8H,3-5H2,(H,16,17). The molecule has 3 nitrogen and oxygen atoms in total. The minimum atomic E-state index is 0.0103. The summed E-state index contributed by atoms with van der Waals surface area (Å²) in [6.45, 7) is 0. The highest BCUT2D eigenvalue weighted by Gasteiger charge is 2.19. The number of aromatic nitrogens is 1. The first-order valence-corrected chi connectivity index (χ1v) is 6.61. The highest BCUT2D eigenvalue weighted by Crippen LogP contribution is 2.25. The summed E-state index contributed by atoms with van der Waals surface area (Å²) < 4.78 is 0.792. The van der Waals surface area contributed by atoms with Crippen LogP contribution in [0.25, 0.3) is 0 Å². The number of nitrogens with one attached hydrogen (secondary N) is 1. The van der Waals surface area contributed by atoms with Gasteiger partial charge in [0.05, 0.1) is 5.69 Å². The van der Waals surface area contributed by atoms with Gasteiger partial charge in [-0.05, 0) is 41.3 Å². The number of allylic oxidation sites excluding steroid dienone is 2. The number of nitrogens with zero attached hydrogens (tertiary/aromatic N) is 1. The van der Waals surface area contributed by atoms with Crippen molar-refractivity contribution in [1.82, 2.24) is 4.98 Å². The van der Waals surface area contributed by atoms with Crippen LogP contribution >= 0.6 is 27.5 Å². The topological polar surface area (TPSA) is 42.0 Å². The summed E-state index contributed by atoms with van der Waals surface area (Å²) in [4.78, 5) is 16.0. The van der Waals surface area contributed by atoms with E-state index in [-0.39, 0.29) is 11.8 Å². The van der Waals surface area contributed by atoms with E-state index in [1.165, 1.54) is 0 Å². The highest BCUT2D eigenvalue weighted by atomic mass is 79.9. The van der Waals surface area contributed by atoms with Gasteiger partial charge in [0, 0.05) is 16.6 Å². The zero-order valence-corrected chi connectivity index (χ0v) is 11.5. The van der Waals surface area contributed by atoms with E-state index in [0.717, 1.165) is 23.7 Å². The average Bonchev–Trinajstić information content (AvgIpc) is 2.35. The summed E-state index contributed by atoms with van der Waals surface area (Å²) in [6, 6.07) is 1.76. The molecule has 90 valence electrons. The lowest BCUT2D eigenvalue weighted by atomic mass is 9.93. The molecule has 0 saturated heterocycles. The van der Waals surface area contributed by atoms with Crippen molar-refractivity contribution in [2.24, 2.45) is 5.92 Å². The zero-order chi connectivity index (χ0) is 12.3. The van der Waals surface area contributed by atoms with Crippen molar-refractivity contribution < 1.29 is 4.79 Å². The van der Waals surface area contributed by atoms with E-state index in [9.17, 15) is 4.79 Å². The molecule has 1 unspecified atom stereocenters. The lowest BCUT2D eigenvalue weighted by Gasteiger charge is -2.17. The Bertz CT molecular complexity index is 462. The summed E-state index contributed by atoms with van der Waals surface area (Å²) in [5.74, 6) is 0.0474. The normalized spacial score (nSPS) is 19.1. The quantitative estimate of drug-likeness (QED) is 0.666. The van der Waals surface area contributed by atoms with Crippen molar-refractivity contribution in [2.45, 2.75) is 19.3 Å². The van der Waals surface area contributed by atoms with Crippen LogP contribution < -0.4 is 5.32 Å². The molecule has 1 N–H and O–H groups in total. The van der Waals surface area contributed by atoms with Crippen LogP contribution in [0.3, 0.4) is 0 Å². The smallest absolute Gasteiger partial charge is 0.227 e. The van der Waals surface area contributed by atoms with Gasteiger partial charge in [0.15, 0.2) is 5.15 Å². The number of carbonyl (C=O) groups is 1. The van der Waals surface area contributed by atoms with E-state index >= 15 is 0 Å². The van der Waals surface area contributed by atoms with Gasteiger partial charge in [0.2, 0.25) is 5.91 Å². The van der Waals surface area contributed by atoms with Gasteiger partial charge < -0.3 is 5.32 Å². The highest BCUT2D eigenvalue weighted by molar-refractivity contribution is 9.10. The van der Waals surface area contributed by atoms with Crippen LogP contribution in [0.15, 0.2) is 28.9 Å². The Morgan fingerprint density at radius 1 is 1.53 bits per heavy atom. The average molecular weight is 316 g/mol. The molecule has 1 aromatic heterocycles. The minimum absolute atomic E-state index is 0.0103. The van der Waals surface area contributed by atoms with E-state index in [1.807, 2.05) is 0 Å². The monoisotopic (exact) mass is 314 g/mol. The summed E-state index contributed by atoms with van der Waals surface area (Å²) in [6.07, 6.45) is 8.40. The molecule has 1 aromatic rings. The largest absolute Gasteiger partial charge is 0.323 e. The molecule has 1 atom stereocenters. The van der Waals surface area contributed by atoms with Gasteiger partial charge in [-0.2, -0.15) is 0 Å². The molecule has 0 aromatic carbocycles. The van der Waals surface area contributed by atoms with Gasteiger partial charge in [-0.1, -0.05) is 23.8 Å². The van der Waals surface area contributed by atoms with E-state index in [0.29, 0.717) is 10.8 Å². The first-order chi connectivity index (χ1) is 8.16.